The molecule has 0 amide bonds. The number of halogens is 2. The highest BCUT2D eigenvalue weighted by atomic mass is 35.5. The minimum Gasteiger partial charge on any atom is -0.494 e. The Morgan fingerprint density at radius 3 is 2.32 bits per heavy atom. The van der Waals surface area contributed by atoms with Crippen molar-refractivity contribution in [2.24, 2.45) is 11.6 Å². The minimum absolute atomic E-state index is 0.0860. The maximum atomic E-state index is 9.58. The summed E-state index contributed by atoms with van der Waals surface area (Å²) in [4.78, 5) is 0. The molecule has 0 spiro atoms. The number of benzene rings is 2. The Hall–Kier alpha value is -2.16. The van der Waals surface area contributed by atoms with Crippen molar-refractivity contribution in [2.75, 3.05) is 32.2 Å². The molecular weight excluding hydrogens is 477 g/mol. The molecule has 0 saturated heterocycles. The van der Waals surface area contributed by atoms with Gasteiger partial charge in [0.2, 0.25) is 0 Å². The van der Waals surface area contributed by atoms with Crippen molar-refractivity contribution in [1.82, 2.24) is 5.01 Å². The molecule has 0 radical (unpaired) electrons. The lowest BCUT2D eigenvalue weighted by Crippen LogP contribution is -2.35. The molecule has 0 aliphatic rings. The van der Waals surface area contributed by atoms with Crippen LogP contribution in [0.3, 0.4) is 0 Å². The van der Waals surface area contributed by atoms with Gasteiger partial charge in [-0.3, -0.25) is 0 Å². The first-order valence-corrected chi connectivity index (χ1v) is 12.0. The van der Waals surface area contributed by atoms with Gasteiger partial charge < -0.3 is 30.4 Å². The summed E-state index contributed by atoms with van der Waals surface area (Å²) in [6, 6.07) is 13.6. The summed E-state index contributed by atoms with van der Waals surface area (Å²) in [5, 5.41) is 20.8. The first-order chi connectivity index (χ1) is 16.1. The first-order valence-electron chi connectivity index (χ1n) is 11.1. The Morgan fingerprint density at radius 2 is 1.76 bits per heavy atom. The van der Waals surface area contributed by atoms with Gasteiger partial charge in [-0.25, -0.2) is 5.84 Å². The number of hydrogen-bond acceptors (Lipinski definition) is 7. The summed E-state index contributed by atoms with van der Waals surface area (Å²) >= 11 is 12.0. The van der Waals surface area contributed by atoms with Gasteiger partial charge in [0, 0.05) is 24.1 Å². The van der Waals surface area contributed by atoms with Gasteiger partial charge in [0.15, 0.2) is 0 Å². The monoisotopic (exact) mass is 511 g/mol. The number of aliphatic hydroxyl groups excluding tert-OH is 2. The van der Waals surface area contributed by atoms with Crippen molar-refractivity contribution in [3.63, 3.8) is 0 Å². The number of hydrogen-bond donors (Lipinski definition) is 4. The molecule has 0 unspecified atom stereocenters. The molecule has 6 N–H and O–H groups in total. The van der Waals surface area contributed by atoms with Crippen LogP contribution in [0.4, 0.5) is 0 Å². The molecule has 2 aromatic carbocycles. The van der Waals surface area contributed by atoms with Crippen LogP contribution in [0.2, 0.25) is 5.02 Å². The number of aliphatic hydroxyl groups is 2. The molecule has 0 fully saturated rings. The number of hydrazine groups is 1. The number of allylic oxidation sites excluding steroid dienone is 1. The zero-order chi connectivity index (χ0) is 25.3. The molecule has 0 saturated carbocycles. The molecule has 188 valence electrons. The highest BCUT2D eigenvalue weighted by Gasteiger charge is 2.24. The molecule has 0 aromatic heterocycles. The van der Waals surface area contributed by atoms with Crippen molar-refractivity contribution < 1.29 is 19.7 Å². The van der Waals surface area contributed by atoms with E-state index in [4.69, 9.17) is 44.3 Å². The standard InChI is InChI=1S/C25H35Cl2N3O4/c1-17(28)23(15-31)30(29)11-4-12-33-21-8-5-18(6-9-21)25(2,3)19-7-10-24(22(27)13-19)34-16-20(32)14-26/h5-10,13,20,31-32H,4,11-12,14-16,28-29H2,1-3H3/b23-17-/t20-/m0/s1. The average molecular weight is 512 g/mol. The number of nitrogens with two attached hydrogens (primary N) is 2. The lowest BCUT2D eigenvalue weighted by Gasteiger charge is -2.27. The molecule has 2 rings (SSSR count). The van der Waals surface area contributed by atoms with Crippen LogP contribution in [-0.4, -0.2) is 53.6 Å². The zero-order valence-electron chi connectivity index (χ0n) is 19.9. The van der Waals surface area contributed by atoms with Crippen molar-refractivity contribution >= 4 is 23.2 Å². The maximum absolute atomic E-state index is 9.58. The Labute approximate surface area is 211 Å². The minimum atomic E-state index is -0.742. The number of rotatable bonds is 13. The van der Waals surface area contributed by atoms with E-state index in [1.54, 1.807) is 6.92 Å². The van der Waals surface area contributed by atoms with E-state index < -0.39 is 6.10 Å². The predicted molar refractivity (Wildman–Crippen MR) is 137 cm³/mol. The van der Waals surface area contributed by atoms with Gasteiger partial charge >= 0.3 is 0 Å². The highest BCUT2D eigenvalue weighted by molar-refractivity contribution is 6.32. The van der Waals surface area contributed by atoms with E-state index in [9.17, 15) is 10.2 Å². The second-order valence-corrected chi connectivity index (χ2v) is 9.31. The quantitative estimate of drug-likeness (QED) is 0.140. The van der Waals surface area contributed by atoms with E-state index in [-0.39, 0.29) is 24.5 Å². The lowest BCUT2D eigenvalue weighted by molar-refractivity contribution is 0.125. The second-order valence-electron chi connectivity index (χ2n) is 8.60. The summed E-state index contributed by atoms with van der Waals surface area (Å²) in [7, 11) is 0. The molecule has 7 nitrogen and oxygen atoms in total. The third kappa shape index (κ3) is 7.68. The van der Waals surface area contributed by atoms with Crippen molar-refractivity contribution in [3.05, 3.63) is 70.0 Å². The van der Waals surface area contributed by atoms with Crippen LogP contribution in [0.15, 0.2) is 53.9 Å². The molecule has 1 atom stereocenters. The van der Waals surface area contributed by atoms with Crippen LogP contribution in [-0.2, 0) is 5.41 Å². The fourth-order valence-electron chi connectivity index (χ4n) is 3.37. The van der Waals surface area contributed by atoms with E-state index >= 15 is 0 Å². The Morgan fingerprint density at radius 1 is 1.12 bits per heavy atom. The Balaban J connectivity index is 1.96. The molecule has 34 heavy (non-hydrogen) atoms. The van der Waals surface area contributed by atoms with E-state index in [1.165, 1.54) is 5.01 Å². The van der Waals surface area contributed by atoms with E-state index in [1.807, 2.05) is 42.5 Å². The van der Waals surface area contributed by atoms with E-state index in [0.717, 1.165) is 16.9 Å². The summed E-state index contributed by atoms with van der Waals surface area (Å²) < 4.78 is 11.4. The Bertz CT molecular complexity index is 948. The normalized spacial score (nSPS) is 13.3. The lowest BCUT2D eigenvalue weighted by atomic mass is 9.78. The first kappa shape index (κ1) is 28.1. The van der Waals surface area contributed by atoms with Gasteiger partial charge in [0.05, 0.1) is 29.8 Å². The van der Waals surface area contributed by atoms with Gasteiger partial charge in [-0.15, -0.1) is 11.6 Å². The van der Waals surface area contributed by atoms with Crippen LogP contribution in [0.1, 0.15) is 38.3 Å². The highest BCUT2D eigenvalue weighted by Crippen LogP contribution is 2.36. The SMILES string of the molecule is C/C(N)=C(\CO)N(N)CCCOc1ccc(C(C)(C)c2ccc(OC[C@@H](O)CCl)c(Cl)c2)cc1. The third-order valence-electron chi connectivity index (χ3n) is 5.60. The number of alkyl halides is 1. The topological polar surface area (TPSA) is 114 Å². The van der Waals surface area contributed by atoms with Gasteiger partial charge in [0.25, 0.3) is 0 Å². The van der Waals surface area contributed by atoms with E-state index in [0.29, 0.717) is 41.7 Å². The summed E-state index contributed by atoms with van der Waals surface area (Å²) in [6.45, 7) is 6.82. The number of ether oxygens (including phenoxy) is 2. The van der Waals surface area contributed by atoms with Crippen LogP contribution < -0.4 is 21.1 Å². The van der Waals surface area contributed by atoms with Crippen molar-refractivity contribution in [2.45, 2.75) is 38.7 Å². The van der Waals surface area contributed by atoms with Crippen LogP contribution in [0.25, 0.3) is 0 Å². The largest absolute Gasteiger partial charge is 0.494 e. The maximum Gasteiger partial charge on any atom is 0.138 e. The summed E-state index contributed by atoms with van der Waals surface area (Å²) in [5.41, 5.74) is 8.56. The molecule has 0 bridgehead atoms. The molecule has 0 aliphatic heterocycles. The molecule has 9 heteroatoms. The van der Waals surface area contributed by atoms with E-state index in [2.05, 4.69) is 13.8 Å². The summed E-state index contributed by atoms with van der Waals surface area (Å²) in [6.07, 6.45) is -0.0659. The molecule has 2 aromatic rings. The number of nitrogens with zero attached hydrogens (tertiary/aromatic N) is 1. The van der Waals surface area contributed by atoms with Crippen LogP contribution >= 0.6 is 23.2 Å². The average Bonchev–Trinajstić information content (AvgIpc) is 2.81. The van der Waals surface area contributed by atoms with Gasteiger partial charge in [-0.1, -0.05) is 43.6 Å². The zero-order valence-corrected chi connectivity index (χ0v) is 21.4. The second kappa shape index (κ2) is 13.1. The van der Waals surface area contributed by atoms with Crippen molar-refractivity contribution in [3.8, 4) is 11.5 Å². The van der Waals surface area contributed by atoms with Gasteiger partial charge in [0.1, 0.15) is 24.2 Å². The van der Waals surface area contributed by atoms with Crippen molar-refractivity contribution in [1.29, 1.82) is 0 Å². The predicted octanol–water partition coefficient (Wildman–Crippen LogP) is 3.77. The molecule has 0 aliphatic carbocycles. The van der Waals surface area contributed by atoms with Crippen LogP contribution in [0.5, 0.6) is 11.5 Å². The molecule has 0 heterocycles. The van der Waals surface area contributed by atoms with Gasteiger partial charge in [-0.2, -0.15) is 0 Å². The third-order valence-corrected chi connectivity index (χ3v) is 6.25. The fourth-order valence-corrected chi connectivity index (χ4v) is 3.70. The smallest absolute Gasteiger partial charge is 0.138 e. The van der Waals surface area contributed by atoms with Gasteiger partial charge in [-0.05, 0) is 42.3 Å². The Kier molecular flexibility index (Phi) is 10.8. The fraction of sp³-hybridized carbons (Fsp3) is 0.440. The van der Waals surface area contributed by atoms with Crippen LogP contribution in [0, 0.1) is 0 Å². The molecular formula is C25H35Cl2N3O4. The summed E-state index contributed by atoms with van der Waals surface area (Å²) in [5.74, 6) is 7.30.